The van der Waals surface area contributed by atoms with Gasteiger partial charge in [-0.3, -0.25) is 10.2 Å². The lowest BCUT2D eigenvalue weighted by atomic mass is 10.1. The molecule has 6 nitrogen and oxygen atoms in total. The molecule has 2 aromatic rings. The SMILES string of the molecule is Cc1cc(Cl)cc(C)c1O[C@H](C)C(=O)NNS(=O)(=O)c1ccc(Cl)cc1. The van der Waals surface area contributed by atoms with Gasteiger partial charge in [0.05, 0.1) is 4.90 Å². The summed E-state index contributed by atoms with van der Waals surface area (Å²) in [7, 11) is -3.91. The van der Waals surface area contributed by atoms with E-state index in [1.54, 1.807) is 12.1 Å². The largest absolute Gasteiger partial charge is 0.480 e. The molecule has 1 amide bonds. The topological polar surface area (TPSA) is 84.5 Å². The van der Waals surface area contributed by atoms with Gasteiger partial charge in [0.1, 0.15) is 5.75 Å². The lowest BCUT2D eigenvalue weighted by Gasteiger charge is -2.18. The third-order valence-electron chi connectivity index (χ3n) is 3.52. The van der Waals surface area contributed by atoms with E-state index in [0.29, 0.717) is 15.8 Å². The number of nitrogens with one attached hydrogen (secondary N) is 2. The molecule has 0 saturated carbocycles. The number of hydrogen-bond acceptors (Lipinski definition) is 4. The molecule has 0 bridgehead atoms. The molecule has 26 heavy (non-hydrogen) atoms. The molecule has 0 heterocycles. The minimum atomic E-state index is -3.91. The average molecular weight is 417 g/mol. The highest BCUT2D eigenvalue weighted by Crippen LogP contribution is 2.27. The highest BCUT2D eigenvalue weighted by Gasteiger charge is 2.20. The van der Waals surface area contributed by atoms with Crippen LogP contribution in [0.25, 0.3) is 0 Å². The van der Waals surface area contributed by atoms with Crippen LogP contribution in [0.2, 0.25) is 10.0 Å². The molecular formula is C17H18Cl2N2O4S. The van der Waals surface area contributed by atoms with E-state index in [-0.39, 0.29) is 4.90 Å². The zero-order valence-electron chi connectivity index (χ0n) is 14.3. The second-order valence-electron chi connectivity index (χ2n) is 5.68. The van der Waals surface area contributed by atoms with Crippen LogP contribution in [0.4, 0.5) is 0 Å². The van der Waals surface area contributed by atoms with Crippen LogP contribution in [-0.4, -0.2) is 20.4 Å². The van der Waals surface area contributed by atoms with Crippen molar-refractivity contribution in [1.82, 2.24) is 10.3 Å². The molecular weight excluding hydrogens is 399 g/mol. The van der Waals surface area contributed by atoms with E-state index in [9.17, 15) is 13.2 Å². The van der Waals surface area contributed by atoms with E-state index in [0.717, 1.165) is 11.1 Å². The number of ether oxygens (including phenoxy) is 1. The molecule has 0 radical (unpaired) electrons. The van der Waals surface area contributed by atoms with Gasteiger partial charge in [0.2, 0.25) is 0 Å². The van der Waals surface area contributed by atoms with Gasteiger partial charge in [0.25, 0.3) is 15.9 Å². The molecule has 0 aromatic heterocycles. The maximum Gasteiger partial charge on any atom is 0.275 e. The van der Waals surface area contributed by atoms with Gasteiger partial charge in [0.15, 0.2) is 6.10 Å². The molecule has 9 heteroatoms. The van der Waals surface area contributed by atoms with E-state index in [1.165, 1.54) is 31.2 Å². The molecule has 0 fully saturated rings. The number of hydrogen-bond donors (Lipinski definition) is 2. The Bertz CT molecular complexity index is 892. The molecule has 2 rings (SSSR count). The molecule has 1 atom stereocenters. The summed E-state index contributed by atoms with van der Waals surface area (Å²) < 4.78 is 30.0. The fourth-order valence-corrected chi connectivity index (χ4v) is 3.51. The maximum atomic E-state index is 12.2. The van der Waals surface area contributed by atoms with Crippen molar-refractivity contribution in [1.29, 1.82) is 0 Å². The first-order chi connectivity index (χ1) is 12.1. The van der Waals surface area contributed by atoms with Gasteiger partial charge >= 0.3 is 0 Å². The van der Waals surface area contributed by atoms with Crippen molar-refractivity contribution in [3.63, 3.8) is 0 Å². The highest BCUT2D eigenvalue weighted by atomic mass is 35.5. The Balaban J connectivity index is 2.02. The Hall–Kier alpha value is -1.80. The van der Waals surface area contributed by atoms with Crippen molar-refractivity contribution in [2.75, 3.05) is 0 Å². The summed E-state index contributed by atoms with van der Waals surface area (Å²) in [5.41, 5.74) is 3.69. The number of rotatable bonds is 6. The molecule has 0 saturated heterocycles. The number of carbonyl (C=O) groups excluding carboxylic acids is 1. The van der Waals surface area contributed by atoms with E-state index >= 15 is 0 Å². The van der Waals surface area contributed by atoms with Gasteiger partial charge < -0.3 is 4.74 Å². The number of aryl methyl sites for hydroxylation is 2. The van der Waals surface area contributed by atoms with Crippen LogP contribution in [0.1, 0.15) is 18.1 Å². The van der Waals surface area contributed by atoms with Gasteiger partial charge in [0, 0.05) is 10.0 Å². The van der Waals surface area contributed by atoms with Crippen LogP contribution in [0.3, 0.4) is 0 Å². The van der Waals surface area contributed by atoms with Crippen LogP contribution in [0.15, 0.2) is 41.3 Å². The van der Waals surface area contributed by atoms with Crippen LogP contribution in [-0.2, 0) is 14.8 Å². The summed E-state index contributed by atoms with van der Waals surface area (Å²) in [6.07, 6.45) is -0.929. The highest BCUT2D eigenvalue weighted by molar-refractivity contribution is 7.89. The zero-order valence-corrected chi connectivity index (χ0v) is 16.7. The molecule has 0 aliphatic rings. The molecule has 0 unspecified atom stereocenters. The third kappa shape index (κ3) is 5.11. The summed E-state index contributed by atoms with van der Waals surface area (Å²) >= 11 is 11.7. The number of halogens is 2. The minimum absolute atomic E-state index is 0.0276. The second-order valence-corrected chi connectivity index (χ2v) is 8.23. The van der Waals surface area contributed by atoms with Crippen molar-refractivity contribution in [2.45, 2.75) is 31.8 Å². The third-order valence-corrected chi connectivity index (χ3v) is 5.26. The lowest BCUT2D eigenvalue weighted by molar-refractivity contribution is -0.127. The van der Waals surface area contributed by atoms with Gasteiger partial charge in [-0.25, -0.2) is 8.42 Å². The van der Waals surface area contributed by atoms with Crippen molar-refractivity contribution in [2.24, 2.45) is 0 Å². The van der Waals surface area contributed by atoms with Crippen LogP contribution in [0, 0.1) is 13.8 Å². The number of carbonyl (C=O) groups is 1. The van der Waals surface area contributed by atoms with Crippen molar-refractivity contribution >= 4 is 39.1 Å². The molecule has 0 aliphatic carbocycles. The lowest BCUT2D eigenvalue weighted by Crippen LogP contribution is -2.47. The van der Waals surface area contributed by atoms with Gasteiger partial charge in [-0.1, -0.05) is 23.2 Å². The van der Waals surface area contributed by atoms with Crippen LogP contribution in [0.5, 0.6) is 5.75 Å². The first-order valence-corrected chi connectivity index (χ1v) is 9.84. The Kier molecular flexibility index (Phi) is 6.52. The quantitative estimate of drug-likeness (QED) is 0.706. The molecule has 2 aromatic carbocycles. The summed E-state index contributed by atoms with van der Waals surface area (Å²) in [6.45, 7) is 5.13. The number of benzene rings is 2. The fraction of sp³-hybridized carbons (Fsp3) is 0.235. The van der Waals surface area contributed by atoms with Gasteiger partial charge in [-0.15, -0.1) is 4.83 Å². The van der Waals surface area contributed by atoms with Crippen molar-refractivity contribution in [3.8, 4) is 5.75 Å². The monoisotopic (exact) mass is 416 g/mol. The maximum absolute atomic E-state index is 12.2. The summed E-state index contributed by atoms with van der Waals surface area (Å²) in [5.74, 6) is -0.117. The van der Waals surface area contributed by atoms with E-state index < -0.39 is 22.0 Å². The Morgan fingerprint density at radius 2 is 1.58 bits per heavy atom. The number of sulfonamides is 1. The zero-order chi connectivity index (χ0) is 19.5. The van der Waals surface area contributed by atoms with Crippen molar-refractivity contribution in [3.05, 3.63) is 57.6 Å². The second kappa shape index (κ2) is 8.26. The summed E-state index contributed by atoms with van der Waals surface area (Å²) in [6, 6.07) is 8.98. The van der Waals surface area contributed by atoms with Gasteiger partial charge in [-0.05, 0) is 68.3 Å². The molecule has 140 valence electrons. The Labute approximate surface area is 162 Å². The molecule has 2 N–H and O–H groups in total. The molecule has 0 spiro atoms. The summed E-state index contributed by atoms with van der Waals surface area (Å²) in [4.78, 5) is 14.2. The minimum Gasteiger partial charge on any atom is -0.480 e. The van der Waals surface area contributed by atoms with E-state index in [2.05, 4.69) is 5.43 Å². The van der Waals surface area contributed by atoms with Crippen LogP contribution < -0.4 is 15.0 Å². The number of hydrazine groups is 1. The smallest absolute Gasteiger partial charge is 0.275 e. The normalized spacial score (nSPS) is 12.5. The predicted molar refractivity (Wildman–Crippen MR) is 101 cm³/mol. The van der Waals surface area contributed by atoms with Crippen molar-refractivity contribution < 1.29 is 17.9 Å². The number of amides is 1. The standard InChI is InChI=1S/C17H18Cl2N2O4S/c1-10-8-14(19)9-11(2)16(10)25-12(3)17(22)20-21-26(23,24)15-6-4-13(18)5-7-15/h4-9,12,21H,1-3H3,(H,20,22)/t12-/m1/s1. The van der Waals surface area contributed by atoms with E-state index in [4.69, 9.17) is 27.9 Å². The molecule has 0 aliphatic heterocycles. The average Bonchev–Trinajstić information content (AvgIpc) is 2.56. The van der Waals surface area contributed by atoms with E-state index in [1.807, 2.05) is 18.7 Å². The fourth-order valence-electron chi connectivity index (χ4n) is 2.21. The summed E-state index contributed by atoms with van der Waals surface area (Å²) in [5, 5.41) is 0.976. The Morgan fingerprint density at radius 3 is 2.12 bits per heavy atom. The Morgan fingerprint density at radius 1 is 1.04 bits per heavy atom. The van der Waals surface area contributed by atoms with Crippen LogP contribution >= 0.6 is 23.2 Å². The van der Waals surface area contributed by atoms with Gasteiger partial charge in [-0.2, -0.15) is 0 Å². The predicted octanol–water partition coefficient (Wildman–Crippen LogP) is 3.39. The first kappa shape index (κ1) is 20.5. The first-order valence-electron chi connectivity index (χ1n) is 7.61.